The minimum absolute atomic E-state index is 0.192. The Balaban J connectivity index is 1.52. The molecule has 1 aliphatic heterocycles. The van der Waals surface area contributed by atoms with Gasteiger partial charge in [-0.25, -0.2) is 9.18 Å². The Hall–Kier alpha value is -2.04. The minimum atomic E-state index is -1.08. The van der Waals surface area contributed by atoms with Gasteiger partial charge in [-0.3, -0.25) is 0 Å². The number of carbonyl (C=O) groups is 1. The lowest BCUT2D eigenvalue weighted by Gasteiger charge is -2.22. The first-order valence-corrected chi connectivity index (χ1v) is 6.30. The van der Waals surface area contributed by atoms with Gasteiger partial charge in [0.05, 0.1) is 12.1 Å². The zero-order chi connectivity index (χ0) is 13.2. The number of alkyl carbamates (subject to hydrolysis) is 1. The Labute approximate surface area is 110 Å². The van der Waals surface area contributed by atoms with Crippen LogP contribution in [0.25, 0.3) is 0 Å². The topological polar surface area (TPSA) is 50.4 Å². The summed E-state index contributed by atoms with van der Waals surface area (Å²) in [4.78, 5) is 11.6. The summed E-state index contributed by atoms with van der Waals surface area (Å²) < 4.78 is 18.9. The number of ether oxygens (including phenoxy) is 1. The van der Waals surface area contributed by atoms with Crippen LogP contribution in [0.3, 0.4) is 0 Å². The standard InChI is InChI=1S/C14H15FN2O2/c15-12-11-6-10(7-16-11)13(12)17-14(18)19-8-9-4-2-1-3-5-9/h1-5,7,11-13,16H,6,8H2,(H,17,18)/t11-,12-,13+/m1/s1. The fourth-order valence-electron chi connectivity index (χ4n) is 2.51. The highest BCUT2D eigenvalue weighted by molar-refractivity contribution is 5.68. The Kier molecular flexibility index (Phi) is 3.11. The molecule has 2 N–H and O–H groups in total. The van der Waals surface area contributed by atoms with E-state index in [-0.39, 0.29) is 12.6 Å². The second kappa shape index (κ2) is 4.91. The normalized spacial score (nSPS) is 27.6. The zero-order valence-electron chi connectivity index (χ0n) is 10.3. The molecule has 1 saturated carbocycles. The molecule has 1 heterocycles. The molecular formula is C14H15FN2O2. The molecule has 3 atom stereocenters. The molecule has 0 aromatic heterocycles. The van der Waals surface area contributed by atoms with Gasteiger partial charge in [-0.2, -0.15) is 0 Å². The van der Waals surface area contributed by atoms with Crippen molar-refractivity contribution in [1.29, 1.82) is 0 Å². The van der Waals surface area contributed by atoms with E-state index in [4.69, 9.17) is 4.74 Å². The van der Waals surface area contributed by atoms with Gasteiger partial charge in [-0.05, 0) is 23.8 Å². The van der Waals surface area contributed by atoms with Crippen LogP contribution in [0.1, 0.15) is 12.0 Å². The van der Waals surface area contributed by atoms with Crippen LogP contribution in [0, 0.1) is 0 Å². The summed E-state index contributed by atoms with van der Waals surface area (Å²) in [6.45, 7) is 0.192. The van der Waals surface area contributed by atoms with E-state index >= 15 is 0 Å². The first kappa shape index (κ1) is 12.0. The van der Waals surface area contributed by atoms with E-state index in [0.29, 0.717) is 6.42 Å². The molecule has 2 aliphatic rings. The number of rotatable bonds is 3. The van der Waals surface area contributed by atoms with E-state index in [0.717, 1.165) is 11.1 Å². The SMILES string of the molecule is O=C(N[C@H]1C2=CN[C@H](C2)[C@H]1F)OCc1ccccc1. The monoisotopic (exact) mass is 262 g/mol. The van der Waals surface area contributed by atoms with Gasteiger partial charge in [0.15, 0.2) is 0 Å². The van der Waals surface area contributed by atoms with Crippen molar-refractivity contribution in [3.63, 3.8) is 0 Å². The van der Waals surface area contributed by atoms with E-state index < -0.39 is 18.3 Å². The Morgan fingerprint density at radius 1 is 1.42 bits per heavy atom. The van der Waals surface area contributed by atoms with Gasteiger partial charge in [-0.1, -0.05) is 30.3 Å². The van der Waals surface area contributed by atoms with Crippen molar-refractivity contribution in [2.45, 2.75) is 31.3 Å². The predicted octanol–water partition coefficient (Wildman–Crippen LogP) is 1.88. The molecule has 1 fully saturated rings. The van der Waals surface area contributed by atoms with E-state index in [1.54, 1.807) is 6.20 Å². The van der Waals surface area contributed by atoms with E-state index in [2.05, 4.69) is 10.6 Å². The second-order valence-electron chi connectivity index (χ2n) is 4.82. The third kappa shape index (κ3) is 2.41. The summed E-state index contributed by atoms with van der Waals surface area (Å²) in [6, 6.07) is 8.64. The van der Waals surface area contributed by atoms with Crippen LogP contribution in [-0.2, 0) is 11.3 Å². The van der Waals surface area contributed by atoms with Crippen LogP contribution in [-0.4, -0.2) is 24.3 Å². The van der Waals surface area contributed by atoms with Crippen LogP contribution < -0.4 is 10.6 Å². The van der Waals surface area contributed by atoms with Crippen LogP contribution in [0.5, 0.6) is 0 Å². The summed E-state index contributed by atoms with van der Waals surface area (Å²) >= 11 is 0. The number of amides is 1. The Morgan fingerprint density at radius 2 is 2.21 bits per heavy atom. The summed E-state index contributed by atoms with van der Waals surface area (Å²) in [5.41, 5.74) is 1.80. The number of hydrogen-bond acceptors (Lipinski definition) is 3. The van der Waals surface area contributed by atoms with Gasteiger partial charge in [0.2, 0.25) is 0 Å². The summed E-state index contributed by atoms with van der Waals surface area (Å²) in [5, 5.41) is 5.52. The van der Waals surface area contributed by atoms with Crippen molar-refractivity contribution in [3.05, 3.63) is 47.7 Å². The van der Waals surface area contributed by atoms with Crippen LogP contribution in [0.15, 0.2) is 42.1 Å². The lowest BCUT2D eigenvalue weighted by Crippen LogP contribution is -2.46. The molecule has 2 bridgehead atoms. The molecule has 1 aromatic carbocycles. The number of hydrogen-bond donors (Lipinski definition) is 2. The molecule has 100 valence electrons. The summed E-state index contributed by atoms with van der Waals surface area (Å²) in [7, 11) is 0. The maximum Gasteiger partial charge on any atom is 0.408 e. The largest absolute Gasteiger partial charge is 0.445 e. The quantitative estimate of drug-likeness (QED) is 0.874. The third-order valence-electron chi connectivity index (χ3n) is 3.53. The molecule has 0 unspecified atom stereocenters. The predicted molar refractivity (Wildman–Crippen MR) is 68.1 cm³/mol. The average molecular weight is 262 g/mol. The van der Waals surface area contributed by atoms with E-state index in [1.807, 2.05) is 30.3 Å². The Morgan fingerprint density at radius 3 is 2.89 bits per heavy atom. The number of carbonyl (C=O) groups excluding carboxylic acids is 1. The fraction of sp³-hybridized carbons (Fsp3) is 0.357. The maximum atomic E-state index is 13.8. The van der Waals surface area contributed by atoms with Gasteiger partial charge < -0.3 is 15.4 Å². The first-order chi connectivity index (χ1) is 9.24. The number of nitrogens with one attached hydrogen (secondary N) is 2. The van der Waals surface area contributed by atoms with Crippen molar-refractivity contribution in [3.8, 4) is 0 Å². The molecule has 0 spiro atoms. The number of alkyl halides is 1. The van der Waals surface area contributed by atoms with Crippen molar-refractivity contribution < 1.29 is 13.9 Å². The third-order valence-corrected chi connectivity index (χ3v) is 3.53. The lowest BCUT2D eigenvalue weighted by atomic mass is 10.1. The molecule has 1 aromatic rings. The highest BCUT2D eigenvalue weighted by Gasteiger charge is 2.44. The molecule has 19 heavy (non-hydrogen) atoms. The number of halogens is 1. The van der Waals surface area contributed by atoms with Crippen molar-refractivity contribution in [1.82, 2.24) is 10.6 Å². The molecular weight excluding hydrogens is 247 g/mol. The van der Waals surface area contributed by atoms with Crippen molar-refractivity contribution in [2.24, 2.45) is 0 Å². The van der Waals surface area contributed by atoms with E-state index in [1.165, 1.54) is 0 Å². The minimum Gasteiger partial charge on any atom is -0.445 e. The number of benzene rings is 1. The second-order valence-corrected chi connectivity index (χ2v) is 4.82. The van der Waals surface area contributed by atoms with Gasteiger partial charge in [-0.15, -0.1) is 0 Å². The Bertz CT molecular complexity index is 503. The molecule has 0 radical (unpaired) electrons. The smallest absolute Gasteiger partial charge is 0.408 e. The van der Waals surface area contributed by atoms with Crippen LogP contribution >= 0.6 is 0 Å². The van der Waals surface area contributed by atoms with Crippen molar-refractivity contribution >= 4 is 6.09 Å². The zero-order valence-corrected chi connectivity index (χ0v) is 10.3. The highest BCUT2D eigenvalue weighted by atomic mass is 19.1. The summed E-state index contributed by atoms with van der Waals surface area (Å²) in [5.74, 6) is 0. The highest BCUT2D eigenvalue weighted by Crippen LogP contribution is 2.32. The van der Waals surface area contributed by atoms with Crippen LogP contribution in [0.2, 0.25) is 0 Å². The molecule has 0 saturated heterocycles. The fourth-order valence-corrected chi connectivity index (χ4v) is 2.51. The molecule has 1 amide bonds. The maximum absolute atomic E-state index is 13.8. The molecule has 3 rings (SSSR count). The van der Waals surface area contributed by atoms with Gasteiger partial charge in [0, 0.05) is 0 Å². The lowest BCUT2D eigenvalue weighted by molar-refractivity contribution is 0.130. The van der Waals surface area contributed by atoms with Crippen molar-refractivity contribution in [2.75, 3.05) is 0 Å². The number of fused-ring (bicyclic) bond motifs is 2. The van der Waals surface area contributed by atoms with Gasteiger partial charge in [0.25, 0.3) is 0 Å². The van der Waals surface area contributed by atoms with Crippen LogP contribution in [0.4, 0.5) is 9.18 Å². The average Bonchev–Trinajstić information content (AvgIpc) is 3.01. The first-order valence-electron chi connectivity index (χ1n) is 6.30. The summed E-state index contributed by atoms with van der Waals surface area (Å²) in [6.07, 6.45) is 0.780. The van der Waals surface area contributed by atoms with Gasteiger partial charge >= 0.3 is 6.09 Å². The van der Waals surface area contributed by atoms with Gasteiger partial charge in [0.1, 0.15) is 12.8 Å². The molecule has 1 aliphatic carbocycles. The van der Waals surface area contributed by atoms with E-state index in [9.17, 15) is 9.18 Å². The molecule has 5 heteroatoms. The molecule has 4 nitrogen and oxygen atoms in total.